The van der Waals surface area contributed by atoms with Crippen LogP contribution in [0.5, 0.6) is 0 Å². The highest BCUT2D eigenvalue weighted by atomic mass is 32.2. The van der Waals surface area contributed by atoms with Crippen LogP contribution in [-0.4, -0.2) is 23.6 Å². The fraction of sp³-hybridized carbons (Fsp3) is 0.0769. The van der Waals surface area contributed by atoms with Gasteiger partial charge in [0.25, 0.3) is 15.9 Å². The number of aromatic nitrogens is 1. The number of nitrogens with two attached hydrogens (primary N) is 1. The van der Waals surface area contributed by atoms with Gasteiger partial charge in [-0.1, -0.05) is 6.07 Å². The Morgan fingerprint density at radius 2 is 2.05 bits per heavy atom. The molecule has 0 aliphatic carbocycles. The number of carbonyl (C=O) groups excluding carboxylic acids is 1. The number of fused-ring (bicyclic) bond motifs is 1. The van der Waals surface area contributed by atoms with Crippen molar-refractivity contribution in [3.63, 3.8) is 0 Å². The van der Waals surface area contributed by atoms with Crippen LogP contribution < -0.4 is 5.73 Å². The molecule has 2 aromatic rings. The molecule has 3 rings (SSSR count). The van der Waals surface area contributed by atoms with Crippen LogP contribution in [-0.2, 0) is 16.6 Å². The molecule has 1 aromatic carbocycles. The Bertz CT molecular complexity index is 851. The molecule has 0 radical (unpaired) electrons. The molecule has 1 amide bonds. The van der Waals surface area contributed by atoms with Gasteiger partial charge in [-0.15, -0.1) is 0 Å². The number of anilines is 1. The zero-order valence-electron chi connectivity index (χ0n) is 10.7. The molecule has 2 N–H and O–H groups in total. The highest BCUT2D eigenvalue weighted by Crippen LogP contribution is 2.29. The van der Waals surface area contributed by atoms with Gasteiger partial charge in [0, 0.05) is 6.20 Å². The molecule has 8 heteroatoms. The third-order valence-corrected chi connectivity index (χ3v) is 4.84. The Kier molecular flexibility index (Phi) is 2.91. The van der Waals surface area contributed by atoms with Gasteiger partial charge in [0.1, 0.15) is 5.82 Å². The number of nitrogens with zero attached hydrogens (tertiary/aromatic N) is 2. The Morgan fingerprint density at radius 1 is 1.29 bits per heavy atom. The number of benzene rings is 1. The summed E-state index contributed by atoms with van der Waals surface area (Å²) in [5, 5.41) is -0.272. The molecule has 6 nitrogen and oxygen atoms in total. The van der Waals surface area contributed by atoms with Crippen molar-refractivity contribution in [1.82, 2.24) is 9.29 Å². The van der Waals surface area contributed by atoms with Crippen molar-refractivity contribution in [3.8, 4) is 0 Å². The van der Waals surface area contributed by atoms with Crippen LogP contribution in [0.1, 0.15) is 15.9 Å². The fourth-order valence-corrected chi connectivity index (χ4v) is 3.57. The third kappa shape index (κ3) is 2.04. The molecule has 0 unspecified atom stereocenters. The molecule has 0 saturated carbocycles. The van der Waals surface area contributed by atoms with E-state index in [1.165, 1.54) is 30.5 Å². The minimum Gasteiger partial charge on any atom is -0.396 e. The van der Waals surface area contributed by atoms with Crippen LogP contribution in [0.4, 0.5) is 10.1 Å². The van der Waals surface area contributed by atoms with E-state index in [1.807, 2.05) is 0 Å². The number of hydrogen-bond acceptors (Lipinski definition) is 5. The molecule has 2 heterocycles. The lowest BCUT2D eigenvalue weighted by atomic mass is 10.2. The molecular formula is C13H10FN3O3S. The molecule has 0 bridgehead atoms. The average Bonchev–Trinajstić information content (AvgIpc) is 2.65. The second-order valence-corrected chi connectivity index (χ2v) is 6.31. The number of halogens is 1. The number of carbonyl (C=O) groups is 1. The highest BCUT2D eigenvalue weighted by Gasteiger charge is 2.42. The van der Waals surface area contributed by atoms with E-state index in [0.29, 0.717) is 9.87 Å². The smallest absolute Gasteiger partial charge is 0.285 e. The zero-order chi connectivity index (χ0) is 15.2. The lowest BCUT2D eigenvalue weighted by molar-refractivity contribution is 0.0864. The molecule has 21 heavy (non-hydrogen) atoms. The second kappa shape index (κ2) is 4.52. The van der Waals surface area contributed by atoms with E-state index in [1.54, 1.807) is 0 Å². The first-order chi connectivity index (χ1) is 9.91. The van der Waals surface area contributed by atoms with Crippen molar-refractivity contribution < 1.29 is 17.6 Å². The van der Waals surface area contributed by atoms with E-state index < -0.39 is 21.7 Å². The molecule has 0 fully saturated rings. The Hall–Kier alpha value is -2.48. The lowest BCUT2D eigenvalue weighted by Crippen LogP contribution is -2.29. The Morgan fingerprint density at radius 3 is 2.71 bits per heavy atom. The van der Waals surface area contributed by atoms with Crippen LogP contribution in [0.3, 0.4) is 0 Å². The zero-order valence-corrected chi connectivity index (χ0v) is 11.5. The number of hydrogen-bond donors (Lipinski definition) is 1. The van der Waals surface area contributed by atoms with E-state index in [-0.39, 0.29) is 22.8 Å². The number of nitrogen functional groups attached to an aromatic ring is 1. The maximum Gasteiger partial charge on any atom is 0.285 e. The molecule has 0 saturated heterocycles. The summed E-state index contributed by atoms with van der Waals surface area (Å²) in [5.74, 6) is -1.33. The summed E-state index contributed by atoms with van der Waals surface area (Å²) in [6.45, 7) is -0.269. The maximum absolute atomic E-state index is 13.4. The average molecular weight is 307 g/mol. The Labute approximate surface area is 120 Å². The summed E-state index contributed by atoms with van der Waals surface area (Å²) in [6, 6.07) is 6.78. The largest absolute Gasteiger partial charge is 0.396 e. The summed E-state index contributed by atoms with van der Waals surface area (Å²) >= 11 is 0. The first-order valence-electron chi connectivity index (χ1n) is 5.97. The summed E-state index contributed by atoms with van der Waals surface area (Å²) in [5.41, 5.74) is 5.67. The quantitative estimate of drug-likeness (QED) is 0.840. The van der Waals surface area contributed by atoms with E-state index in [2.05, 4.69) is 4.98 Å². The molecule has 0 spiro atoms. The maximum atomic E-state index is 13.4. The summed E-state index contributed by atoms with van der Waals surface area (Å²) in [6.07, 6.45) is 1.30. The summed E-state index contributed by atoms with van der Waals surface area (Å²) in [4.78, 5) is 15.9. The fourth-order valence-electron chi connectivity index (χ4n) is 2.10. The van der Waals surface area contributed by atoms with Gasteiger partial charge in [0.2, 0.25) is 0 Å². The number of amides is 1. The van der Waals surface area contributed by atoms with Crippen molar-refractivity contribution >= 4 is 21.6 Å². The van der Waals surface area contributed by atoms with Gasteiger partial charge in [-0.3, -0.25) is 4.79 Å². The third-order valence-electron chi connectivity index (χ3n) is 3.15. The number of sulfonamides is 1. The van der Waals surface area contributed by atoms with Crippen molar-refractivity contribution in [2.75, 3.05) is 5.73 Å². The normalized spacial score (nSPS) is 16.0. The van der Waals surface area contributed by atoms with Crippen molar-refractivity contribution in [2.45, 2.75) is 11.6 Å². The van der Waals surface area contributed by atoms with Crippen LogP contribution in [0.15, 0.2) is 41.6 Å². The monoisotopic (exact) mass is 307 g/mol. The van der Waals surface area contributed by atoms with Crippen molar-refractivity contribution in [3.05, 3.63) is 53.5 Å². The minimum absolute atomic E-state index is 0.0217. The molecule has 1 aromatic heterocycles. The second-order valence-electron chi connectivity index (χ2n) is 4.53. The summed E-state index contributed by atoms with van der Waals surface area (Å²) in [7, 11) is -4.00. The van der Waals surface area contributed by atoms with Gasteiger partial charge in [-0.25, -0.2) is 13.7 Å². The number of rotatable bonds is 2. The summed E-state index contributed by atoms with van der Waals surface area (Å²) < 4.78 is 38.6. The first-order valence-corrected chi connectivity index (χ1v) is 7.41. The van der Waals surface area contributed by atoms with E-state index in [4.69, 9.17) is 5.73 Å². The molecule has 1 aliphatic rings. The van der Waals surface area contributed by atoms with Crippen molar-refractivity contribution in [1.29, 1.82) is 0 Å². The van der Waals surface area contributed by atoms with E-state index >= 15 is 0 Å². The van der Waals surface area contributed by atoms with Gasteiger partial charge < -0.3 is 5.73 Å². The predicted molar refractivity (Wildman–Crippen MR) is 72.1 cm³/mol. The van der Waals surface area contributed by atoms with E-state index in [0.717, 1.165) is 6.07 Å². The first kappa shape index (κ1) is 13.5. The SMILES string of the molecule is Nc1ccc(CN2C(=O)c3cccnc3S2(=O)=O)cc1F. The van der Waals surface area contributed by atoms with Gasteiger partial charge in [-0.05, 0) is 29.8 Å². The van der Waals surface area contributed by atoms with Crippen LogP contribution in [0.25, 0.3) is 0 Å². The minimum atomic E-state index is -4.00. The van der Waals surface area contributed by atoms with Crippen LogP contribution in [0.2, 0.25) is 0 Å². The molecule has 0 atom stereocenters. The van der Waals surface area contributed by atoms with E-state index in [9.17, 15) is 17.6 Å². The standard InChI is InChI=1S/C13H10FN3O3S/c14-10-6-8(3-4-11(10)15)7-17-13(18)9-2-1-5-16-12(9)21(17,19)20/h1-6H,7,15H2. The molecular weight excluding hydrogens is 297 g/mol. The predicted octanol–water partition coefficient (Wildman–Crippen LogP) is 1.15. The van der Waals surface area contributed by atoms with Crippen molar-refractivity contribution in [2.24, 2.45) is 0 Å². The van der Waals surface area contributed by atoms with Crippen LogP contribution >= 0.6 is 0 Å². The Balaban J connectivity index is 2.01. The van der Waals surface area contributed by atoms with Gasteiger partial charge >= 0.3 is 0 Å². The van der Waals surface area contributed by atoms with Gasteiger partial charge in [-0.2, -0.15) is 8.42 Å². The van der Waals surface area contributed by atoms with Gasteiger partial charge in [0.05, 0.1) is 17.8 Å². The topological polar surface area (TPSA) is 93.4 Å². The van der Waals surface area contributed by atoms with Gasteiger partial charge in [0.15, 0.2) is 5.03 Å². The molecule has 108 valence electrons. The lowest BCUT2D eigenvalue weighted by Gasteiger charge is -2.14. The number of pyridine rings is 1. The van der Waals surface area contributed by atoms with Crippen LogP contribution in [0, 0.1) is 5.82 Å². The molecule has 1 aliphatic heterocycles. The highest BCUT2D eigenvalue weighted by molar-refractivity contribution is 7.90.